The number of aliphatic hydroxyl groups excluding tert-OH is 2. The lowest BCUT2D eigenvalue weighted by atomic mass is 9.77. The second-order valence-corrected chi connectivity index (χ2v) is 17.7. The van der Waals surface area contributed by atoms with Gasteiger partial charge in [-0.15, -0.1) is 0 Å². The summed E-state index contributed by atoms with van der Waals surface area (Å²) in [6.07, 6.45) is 23.0. The first kappa shape index (κ1) is 46.6. The Morgan fingerprint density at radius 2 is 1.33 bits per heavy atom. The molecule has 4 rings (SSSR count). The van der Waals surface area contributed by atoms with E-state index in [1.54, 1.807) is 6.92 Å². The summed E-state index contributed by atoms with van der Waals surface area (Å²) in [6, 6.07) is 17.4. The van der Waals surface area contributed by atoms with Gasteiger partial charge in [0.15, 0.2) is 5.78 Å². The van der Waals surface area contributed by atoms with Crippen molar-refractivity contribution < 1.29 is 19.4 Å². The highest BCUT2D eigenvalue weighted by molar-refractivity contribution is 5.94. The SMILES string of the molecule is C=C(C)C(=O)CCCCc1cc(-c2ccc(-c3ccc(C4CCC(CCCCC)CC4)cc3F)cc2CC)cc(CCCCC)c1CCCC(CO)(CO)CCC. The lowest BCUT2D eigenvalue weighted by Gasteiger charge is -2.30. The molecular weight excluding hydrogens is 704 g/mol. The summed E-state index contributed by atoms with van der Waals surface area (Å²) < 4.78 is 16.0. The van der Waals surface area contributed by atoms with Gasteiger partial charge in [-0.3, -0.25) is 4.79 Å². The van der Waals surface area contributed by atoms with E-state index in [0.717, 1.165) is 94.1 Å². The molecule has 1 saturated carbocycles. The normalized spacial score (nSPS) is 15.9. The lowest BCUT2D eigenvalue weighted by Crippen LogP contribution is -2.30. The maximum atomic E-state index is 16.0. The van der Waals surface area contributed by atoms with Crippen LogP contribution in [-0.4, -0.2) is 29.2 Å². The summed E-state index contributed by atoms with van der Waals surface area (Å²) in [5.74, 6) is 1.33. The van der Waals surface area contributed by atoms with Gasteiger partial charge in [0, 0.05) is 17.4 Å². The van der Waals surface area contributed by atoms with Gasteiger partial charge in [0.05, 0.1) is 13.2 Å². The second kappa shape index (κ2) is 24.1. The summed E-state index contributed by atoms with van der Waals surface area (Å²) in [5, 5.41) is 20.6. The molecule has 0 aliphatic heterocycles. The van der Waals surface area contributed by atoms with Crippen LogP contribution in [0.1, 0.15) is 184 Å². The third-order valence-corrected chi connectivity index (χ3v) is 13.3. The van der Waals surface area contributed by atoms with Crippen LogP contribution < -0.4 is 0 Å². The smallest absolute Gasteiger partial charge is 0.157 e. The fraction of sp³-hybridized carbons (Fsp3) is 0.604. The average Bonchev–Trinajstić information content (AvgIpc) is 3.22. The number of allylic oxidation sites excluding steroid dienone is 1. The van der Waals surface area contributed by atoms with Crippen molar-refractivity contribution in [1.29, 1.82) is 0 Å². The van der Waals surface area contributed by atoms with Crippen molar-refractivity contribution in [1.82, 2.24) is 0 Å². The molecule has 0 amide bonds. The standard InChI is InChI=1S/C53H77FO3/c1-7-11-13-18-40-23-25-42(26-24-40)43-27-30-50(51(54)36-43)46-28-29-49(41(10-4)33-46)47-34-44(19-14-12-8-2)48(21-17-32-53(37-55,38-56)31-9-3)45(35-47)20-15-16-22-52(57)39(5)6/h27-30,33-36,40,42,55-56H,5,7-26,31-32,37-38H2,1-4,6H3. The molecular formula is C53H77FO3. The number of aliphatic hydroxyl groups is 2. The maximum absolute atomic E-state index is 16.0. The molecule has 1 aliphatic carbocycles. The second-order valence-electron chi connectivity index (χ2n) is 17.7. The van der Waals surface area contributed by atoms with Gasteiger partial charge in [0.25, 0.3) is 0 Å². The number of aryl methyl sites for hydroxylation is 3. The molecule has 4 heteroatoms. The summed E-state index contributed by atoms with van der Waals surface area (Å²) in [5.41, 5.74) is 10.8. The molecule has 1 aliphatic rings. The predicted octanol–water partition coefficient (Wildman–Crippen LogP) is 14.3. The van der Waals surface area contributed by atoms with Crippen LogP contribution in [0.4, 0.5) is 4.39 Å². The van der Waals surface area contributed by atoms with Crippen LogP contribution >= 0.6 is 0 Å². The van der Waals surface area contributed by atoms with Crippen LogP contribution in [0.15, 0.2) is 60.7 Å². The Morgan fingerprint density at radius 3 is 1.93 bits per heavy atom. The van der Waals surface area contributed by atoms with Crippen molar-refractivity contribution in [2.75, 3.05) is 13.2 Å². The Kier molecular flexibility index (Phi) is 19.7. The van der Waals surface area contributed by atoms with Crippen LogP contribution in [0.2, 0.25) is 0 Å². The first-order valence-electron chi connectivity index (χ1n) is 23.1. The molecule has 1 fully saturated rings. The predicted molar refractivity (Wildman–Crippen MR) is 241 cm³/mol. The lowest BCUT2D eigenvalue weighted by molar-refractivity contribution is -0.115. The minimum Gasteiger partial charge on any atom is -0.396 e. The van der Waals surface area contributed by atoms with E-state index in [1.807, 2.05) is 12.1 Å². The zero-order chi connectivity index (χ0) is 41.2. The molecule has 314 valence electrons. The molecule has 57 heavy (non-hydrogen) atoms. The Balaban J connectivity index is 1.64. The number of rotatable bonds is 26. The van der Waals surface area contributed by atoms with Crippen LogP contribution in [-0.2, 0) is 30.5 Å². The maximum Gasteiger partial charge on any atom is 0.157 e. The van der Waals surface area contributed by atoms with Crippen molar-refractivity contribution in [3.05, 3.63) is 94.3 Å². The molecule has 3 aromatic carbocycles. The van der Waals surface area contributed by atoms with E-state index in [4.69, 9.17) is 0 Å². The first-order chi connectivity index (χ1) is 27.6. The number of carbonyl (C=O) groups excluding carboxylic acids is 1. The van der Waals surface area contributed by atoms with Crippen molar-refractivity contribution in [3.8, 4) is 22.3 Å². The van der Waals surface area contributed by atoms with E-state index in [-0.39, 0.29) is 24.8 Å². The first-order valence-corrected chi connectivity index (χ1v) is 23.1. The molecule has 0 heterocycles. The zero-order valence-electron chi connectivity index (χ0n) is 36.6. The van der Waals surface area contributed by atoms with E-state index >= 15 is 4.39 Å². The van der Waals surface area contributed by atoms with E-state index < -0.39 is 5.41 Å². The number of hydrogen-bond acceptors (Lipinski definition) is 3. The highest BCUT2D eigenvalue weighted by atomic mass is 19.1. The molecule has 3 nitrogen and oxygen atoms in total. The van der Waals surface area contributed by atoms with Crippen molar-refractivity contribution in [2.24, 2.45) is 11.3 Å². The topological polar surface area (TPSA) is 57.5 Å². The number of carbonyl (C=O) groups is 1. The summed E-state index contributed by atoms with van der Waals surface area (Å²) in [6.45, 7) is 14.5. The van der Waals surface area contributed by atoms with E-state index in [1.165, 1.54) is 91.2 Å². The molecule has 0 saturated heterocycles. The van der Waals surface area contributed by atoms with E-state index in [0.29, 0.717) is 23.5 Å². The summed E-state index contributed by atoms with van der Waals surface area (Å²) >= 11 is 0. The summed E-state index contributed by atoms with van der Waals surface area (Å²) in [7, 11) is 0. The quantitative estimate of drug-likeness (QED) is 0.0630. The molecule has 0 atom stereocenters. The minimum absolute atomic E-state index is 0.00717. The van der Waals surface area contributed by atoms with Gasteiger partial charge < -0.3 is 10.2 Å². The van der Waals surface area contributed by atoms with Gasteiger partial charge in [-0.2, -0.15) is 0 Å². The molecule has 0 aromatic heterocycles. The number of unbranched alkanes of at least 4 members (excludes halogenated alkanes) is 5. The highest BCUT2D eigenvalue weighted by Gasteiger charge is 2.28. The number of ketones is 1. The van der Waals surface area contributed by atoms with E-state index in [2.05, 4.69) is 70.7 Å². The van der Waals surface area contributed by atoms with Crippen LogP contribution in [0.25, 0.3) is 22.3 Å². The number of halogens is 1. The Labute approximate surface area is 347 Å². The Bertz CT molecular complexity index is 1690. The molecule has 3 aromatic rings. The fourth-order valence-corrected chi connectivity index (χ4v) is 9.58. The minimum atomic E-state index is -0.440. The van der Waals surface area contributed by atoms with Crippen LogP contribution in [0.5, 0.6) is 0 Å². The van der Waals surface area contributed by atoms with E-state index in [9.17, 15) is 15.0 Å². The third-order valence-electron chi connectivity index (χ3n) is 13.3. The van der Waals surface area contributed by atoms with Crippen LogP contribution in [0.3, 0.4) is 0 Å². The van der Waals surface area contributed by atoms with Gasteiger partial charge in [-0.1, -0.05) is 122 Å². The molecule has 0 spiro atoms. The zero-order valence-corrected chi connectivity index (χ0v) is 36.6. The van der Waals surface area contributed by atoms with Crippen molar-refractivity contribution >= 4 is 5.78 Å². The average molecular weight is 781 g/mol. The fourth-order valence-electron chi connectivity index (χ4n) is 9.58. The molecule has 0 radical (unpaired) electrons. The molecule has 0 unspecified atom stereocenters. The Hall–Kier alpha value is -3.08. The number of Topliss-reactive ketones (excluding diaryl/α,β-unsaturated/α-hetero) is 1. The van der Waals surface area contributed by atoms with Gasteiger partial charge in [-0.05, 0) is 165 Å². The van der Waals surface area contributed by atoms with Crippen LogP contribution in [0, 0.1) is 17.2 Å². The van der Waals surface area contributed by atoms with Gasteiger partial charge in [0.1, 0.15) is 5.82 Å². The molecule has 2 N–H and O–H groups in total. The van der Waals surface area contributed by atoms with Crippen molar-refractivity contribution in [3.63, 3.8) is 0 Å². The van der Waals surface area contributed by atoms with Gasteiger partial charge in [0.2, 0.25) is 0 Å². The summed E-state index contributed by atoms with van der Waals surface area (Å²) in [4.78, 5) is 12.4. The monoisotopic (exact) mass is 781 g/mol. The number of benzene rings is 3. The Morgan fingerprint density at radius 1 is 0.702 bits per heavy atom. The number of hydrogen-bond donors (Lipinski definition) is 2. The van der Waals surface area contributed by atoms with Crippen molar-refractivity contribution in [2.45, 2.75) is 182 Å². The van der Waals surface area contributed by atoms with Gasteiger partial charge >= 0.3 is 0 Å². The highest BCUT2D eigenvalue weighted by Crippen LogP contribution is 2.40. The third kappa shape index (κ3) is 13.5. The largest absolute Gasteiger partial charge is 0.396 e. The van der Waals surface area contributed by atoms with Gasteiger partial charge in [-0.25, -0.2) is 4.39 Å². The molecule has 0 bridgehead atoms.